The fourth-order valence-corrected chi connectivity index (χ4v) is 30.3. The Bertz CT molecular complexity index is 1580. The van der Waals surface area contributed by atoms with Gasteiger partial charge in [-0.15, -0.1) is 0 Å². The van der Waals surface area contributed by atoms with Gasteiger partial charge in [0, 0.05) is 0 Å². The van der Waals surface area contributed by atoms with Crippen LogP contribution in [0.3, 0.4) is 0 Å². The summed E-state index contributed by atoms with van der Waals surface area (Å²) in [6.45, 7) is 9.66. The normalized spacial score (nSPS) is 18.5. The Kier molecular flexibility index (Phi) is 7.21. The Morgan fingerprint density at radius 2 is 1.13 bits per heavy atom. The van der Waals surface area contributed by atoms with Gasteiger partial charge in [0.15, 0.2) is 0 Å². The molecule has 4 aromatic carbocycles. The maximum atomic E-state index is 2.70. The third-order valence-electron chi connectivity index (χ3n) is 8.64. The SMILES string of the molecule is CC1=C(C)C(C)[C]([Zr]([CH]2C=C(c3ccccc3)c3ccccc32)=[Si](c2ccccc2)c2ccccc2)=C1C. The van der Waals surface area contributed by atoms with Gasteiger partial charge in [0.05, 0.1) is 0 Å². The molecule has 186 valence electrons. The van der Waals surface area contributed by atoms with Crippen LogP contribution in [0.25, 0.3) is 5.57 Å². The van der Waals surface area contributed by atoms with Gasteiger partial charge >= 0.3 is 237 Å². The number of allylic oxidation sites excluding steroid dienone is 5. The van der Waals surface area contributed by atoms with Gasteiger partial charge in [-0.05, 0) is 0 Å². The van der Waals surface area contributed by atoms with E-state index in [1.165, 1.54) is 22.3 Å². The van der Waals surface area contributed by atoms with E-state index in [2.05, 4.69) is 149 Å². The molecule has 0 fully saturated rings. The summed E-state index contributed by atoms with van der Waals surface area (Å²) in [7, 11) is 0. The minimum atomic E-state index is -2.48. The molecule has 0 amide bonds. The van der Waals surface area contributed by atoms with Crippen molar-refractivity contribution in [1.29, 1.82) is 0 Å². The fourth-order valence-electron chi connectivity index (χ4n) is 6.41. The zero-order valence-corrected chi connectivity index (χ0v) is 26.2. The molecule has 2 aliphatic carbocycles. The second-order valence-electron chi connectivity index (χ2n) is 10.6. The Hall–Kier alpha value is -2.80. The van der Waals surface area contributed by atoms with E-state index in [4.69, 9.17) is 0 Å². The van der Waals surface area contributed by atoms with E-state index in [0.29, 0.717) is 9.54 Å². The molecule has 2 atom stereocenters. The number of rotatable bonds is 5. The van der Waals surface area contributed by atoms with E-state index in [1.54, 1.807) is 27.1 Å². The summed E-state index contributed by atoms with van der Waals surface area (Å²) < 4.78 is 2.36. The van der Waals surface area contributed by atoms with Crippen LogP contribution >= 0.6 is 0 Å². The Balaban J connectivity index is 1.72. The van der Waals surface area contributed by atoms with Gasteiger partial charge in [-0.3, -0.25) is 0 Å². The van der Waals surface area contributed by atoms with Crippen LogP contribution in [0.2, 0.25) is 0 Å². The van der Waals surface area contributed by atoms with Gasteiger partial charge < -0.3 is 0 Å². The average Bonchev–Trinajstić information content (AvgIpc) is 3.44. The summed E-state index contributed by atoms with van der Waals surface area (Å²) in [5, 5.41) is 3.15. The molecule has 6 rings (SSSR count). The van der Waals surface area contributed by atoms with Gasteiger partial charge in [0.25, 0.3) is 0 Å². The van der Waals surface area contributed by atoms with Crippen LogP contribution < -0.4 is 10.4 Å². The van der Waals surface area contributed by atoms with Gasteiger partial charge in [0.1, 0.15) is 0 Å². The molecule has 0 spiro atoms. The summed E-state index contributed by atoms with van der Waals surface area (Å²) in [5.41, 5.74) is 9.48. The second kappa shape index (κ2) is 10.8. The van der Waals surface area contributed by atoms with Crippen molar-refractivity contribution in [3.63, 3.8) is 0 Å². The van der Waals surface area contributed by atoms with Gasteiger partial charge in [-0.2, -0.15) is 0 Å². The molecule has 0 saturated heterocycles. The van der Waals surface area contributed by atoms with Crippen LogP contribution in [0.15, 0.2) is 141 Å². The molecule has 0 saturated carbocycles. The van der Waals surface area contributed by atoms with E-state index in [1.807, 2.05) is 3.28 Å². The van der Waals surface area contributed by atoms with Crippen molar-refractivity contribution in [1.82, 2.24) is 0 Å². The van der Waals surface area contributed by atoms with E-state index < -0.39 is 25.8 Å². The van der Waals surface area contributed by atoms with E-state index in [0.717, 1.165) is 0 Å². The summed E-state index contributed by atoms with van der Waals surface area (Å²) in [4.78, 5) is 0. The molecule has 0 heterocycles. The predicted octanol–water partition coefficient (Wildman–Crippen LogP) is 7.86. The molecule has 2 aliphatic rings. The number of benzene rings is 4. The van der Waals surface area contributed by atoms with Crippen molar-refractivity contribution in [3.05, 3.63) is 158 Å². The molecule has 0 bridgehead atoms. The molecule has 0 aliphatic heterocycles. The van der Waals surface area contributed by atoms with Crippen LogP contribution in [0.1, 0.15) is 48.0 Å². The molecule has 0 aromatic heterocycles. The first-order valence-corrected chi connectivity index (χ1v) is 21.5. The van der Waals surface area contributed by atoms with Crippen molar-refractivity contribution in [2.24, 2.45) is 5.92 Å². The molecule has 4 aromatic rings. The molecular formula is C36H34SiZr. The quantitative estimate of drug-likeness (QED) is 0.209. The summed E-state index contributed by atoms with van der Waals surface area (Å²) >= 11 is -2.48. The standard InChI is InChI=1S/C15H11.C12H10Si.C9H13.Zr/c1-2-6-12(7-3-1)15-11-10-13-8-4-5-9-14(13)15;1-3-7-11(8-4-1)13-12-9-5-2-6-10-12;1-6-5-7(2)9(4)8(6)3;/h1-11H;1-10H;6H,1-4H3;. The first kappa shape index (κ1) is 25.5. The molecular weight excluding hydrogens is 552 g/mol. The molecule has 2 heteroatoms. The third kappa shape index (κ3) is 4.42. The van der Waals surface area contributed by atoms with E-state index >= 15 is 0 Å². The summed E-state index contributed by atoms with van der Waals surface area (Å²) in [6, 6.07) is 43.4. The Labute approximate surface area is 235 Å². The van der Waals surface area contributed by atoms with Crippen LogP contribution in [-0.2, 0) is 20.4 Å². The predicted molar refractivity (Wildman–Crippen MR) is 161 cm³/mol. The Morgan fingerprint density at radius 1 is 0.605 bits per heavy atom. The topological polar surface area (TPSA) is 0 Å². The van der Waals surface area contributed by atoms with Crippen LogP contribution in [-0.4, -0.2) is 5.43 Å². The third-order valence-corrected chi connectivity index (χ3v) is 28.8. The van der Waals surface area contributed by atoms with E-state index in [9.17, 15) is 0 Å². The molecule has 2 unspecified atom stereocenters. The minimum absolute atomic E-state index is 0.518. The van der Waals surface area contributed by atoms with Crippen molar-refractivity contribution in [3.8, 4) is 0 Å². The summed E-state index contributed by atoms with van der Waals surface area (Å²) in [6.07, 6.45) is 2.70. The van der Waals surface area contributed by atoms with Crippen molar-refractivity contribution < 1.29 is 20.4 Å². The van der Waals surface area contributed by atoms with Crippen molar-refractivity contribution in [2.45, 2.75) is 31.3 Å². The second-order valence-corrected chi connectivity index (χ2v) is 24.3. The zero-order chi connectivity index (χ0) is 26.2. The monoisotopic (exact) mass is 584 g/mol. The number of fused-ring (bicyclic) bond motifs is 1. The first-order chi connectivity index (χ1) is 18.6. The molecule has 0 N–H and O–H groups in total. The van der Waals surface area contributed by atoms with Crippen LogP contribution in [0.4, 0.5) is 0 Å². The van der Waals surface area contributed by atoms with Gasteiger partial charge in [-0.1, -0.05) is 0 Å². The average molecular weight is 586 g/mol. The number of hydrogen-bond acceptors (Lipinski definition) is 0. The first-order valence-electron chi connectivity index (χ1n) is 13.7. The Morgan fingerprint density at radius 3 is 1.68 bits per heavy atom. The zero-order valence-electron chi connectivity index (χ0n) is 22.7. The van der Waals surface area contributed by atoms with Crippen LogP contribution in [0, 0.1) is 5.92 Å². The molecule has 0 radical (unpaired) electrons. The molecule has 0 nitrogen and oxygen atoms in total. The van der Waals surface area contributed by atoms with Crippen molar-refractivity contribution >= 4 is 21.4 Å². The van der Waals surface area contributed by atoms with Gasteiger partial charge in [-0.25, -0.2) is 0 Å². The number of hydrogen-bond donors (Lipinski definition) is 0. The van der Waals surface area contributed by atoms with Crippen molar-refractivity contribution in [2.75, 3.05) is 0 Å². The summed E-state index contributed by atoms with van der Waals surface area (Å²) in [5.74, 6) is 0.540. The molecule has 38 heavy (non-hydrogen) atoms. The fraction of sp³-hybridized carbons (Fsp3) is 0.167. The van der Waals surface area contributed by atoms with Gasteiger partial charge in [0.2, 0.25) is 0 Å². The van der Waals surface area contributed by atoms with Crippen LogP contribution in [0.5, 0.6) is 0 Å². The maximum absolute atomic E-state index is 2.70. The van der Waals surface area contributed by atoms with E-state index in [-0.39, 0.29) is 0 Å².